The molecule has 2 N–H and O–H groups in total. The third-order valence-electron chi connectivity index (χ3n) is 3.14. The first-order valence-electron chi connectivity index (χ1n) is 5.98. The number of rotatable bonds is 3. The van der Waals surface area contributed by atoms with Gasteiger partial charge in [-0.1, -0.05) is 6.07 Å². The van der Waals surface area contributed by atoms with E-state index in [0.717, 1.165) is 23.4 Å². The number of hydrogen-bond donors (Lipinski definition) is 2. The highest BCUT2D eigenvalue weighted by atomic mass is 16.4. The van der Waals surface area contributed by atoms with Gasteiger partial charge in [0.2, 0.25) is 0 Å². The van der Waals surface area contributed by atoms with E-state index in [2.05, 4.69) is 15.4 Å². The number of nitrogens with zero attached hydrogens (tertiary/aromatic N) is 2. The predicted octanol–water partition coefficient (Wildman–Crippen LogP) is 1.24. The van der Waals surface area contributed by atoms with Crippen LogP contribution in [0.25, 0.3) is 22.2 Å². The zero-order valence-corrected chi connectivity index (χ0v) is 10.7. The van der Waals surface area contributed by atoms with E-state index in [9.17, 15) is 4.79 Å². The fraction of sp³-hybridized carbons (Fsp3) is 0.231. The summed E-state index contributed by atoms with van der Waals surface area (Å²) in [5.41, 5.74) is 4.39. The minimum absolute atomic E-state index is 0.436. The summed E-state index contributed by atoms with van der Waals surface area (Å²) in [7, 11) is 3.81. The topological polar surface area (TPSA) is 75.8 Å². The first-order chi connectivity index (χ1) is 9.19. The van der Waals surface area contributed by atoms with Crippen molar-refractivity contribution >= 4 is 11.1 Å². The summed E-state index contributed by atoms with van der Waals surface area (Å²) in [6, 6.07) is 5.62. The molecule has 0 aliphatic carbocycles. The van der Waals surface area contributed by atoms with Gasteiger partial charge in [0.1, 0.15) is 0 Å². The number of aromatic nitrogens is 3. The van der Waals surface area contributed by atoms with Crippen molar-refractivity contribution in [2.45, 2.75) is 6.54 Å². The van der Waals surface area contributed by atoms with Gasteiger partial charge in [0.25, 0.3) is 0 Å². The zero-order valence-electron chi connectivity index (χ0n) is 10.7. The minimum atomic E-state index is -0.436. The summed E-state index contributed by atoms with van der Waals surface area (Å²) in [6.45, 7) is 0.728. The van der Waals surface area contributed by atoms with Gasteiger partial charge in [0.05, 0.1) is 17.4 Å². The molecule has 3 aromatic rings. The molecule has 0 saturated heterocycles. The maximum atomic E-state index is 11.2. The summed E-state index contributed by atoms with van der Waals surface area (Å²) in [5, 5.41) is 7.40. The van der Waals surface area contributed by atoms with E-state index >= 15 is 0 Å². The van der Waals surface area contributed by atoms with E-state index in [-0.39, 0.29) is 0 Å². The molecular formula is C13H14N4O2. The Balaban J connectivity index is 2.15. The van der Waals surface area contributed by atoms with Crippen LogP contribution in [0.15, 0.2) is 33.6 Å². The summed E-state index contributed by atoms with van der Waals surface area (Å²) in [4.78, 5) is 13.8. The van der Waals surface area contributed by atoms with Crippen molar-refractivity contribution in [1.82, 2.24) is 20.1 Å². The van der Waals surface area contributed by atoms with Crippen LogP contribution in [0, 0.1) is 0 Å². The minimum Gasteiger partial charge on any atom is -0.408 e. The summed E-state index contributed by atoms with van der Waals surface area (Å²) in [6.07, 6.45) is 1.83. The Kier molecular flexibility index (Phi) is 2.72. The molecule has 0 aliphatic rings. The zero-order chi connectivity index (χ0) is 13.4. The summed E-state index contributed by atoms with van der Waals surface area (Å²) in [5.74, 6) is -0.436. The lowest BCUT2D eigenvalue weighted by Crippen LogP contribution is -2.10. The van der Waals surface area contributed by atoms with Gasteiger partial charge in [0, 0.05) is 19.2 Å². The lowest BCUT2D eigenvalue weighted by molar-refractivity contribution is 0.555. The highest BCUT2D eigenvalue weighted by Gasteiger charge is 2.11. The summed E-state index contributed by atoms with van der Waals surface area (Å²) >= 11 is 0. The third kappa shape index (κ3) is 1.96. The third-order valence-corrected chi connectivity index (χ3v) is 3.14. The standard InChI is InChI=1S/C13H14N4O2/c1-14-7-11-9(6-15-17(11)2)8-3-4-12-10(5-8)16-13(18)19-12/h3-6,14H,7H2,1-2H3,(H,16,18). The Hall–Kier alpha value is -2.34. The first-order valence-corrected chi connectivity index (χ1v) is 5.98. The smallest absolute Gasteiger partial charge is 0.408 e. The van der Waals surface area contributed by atoms with E-state index in [0.29, 0.717) is 11.1 Å². The lowest BCUT2D eigenvalue weighted by Gasteiger charge is -2.05. The molecule has 0 atom stereocenters. The van der Waals surface area contributed by atoms with E-state index in [1.165, 1.54) is 0 Å². The number of aromatic amines is 1. The monoisotopic (exact) mass is 258 g/mol. The number of oxazole rings is 1. The van der Waals surface area contributed by atoms with Crippen molar-refractivity contribution in [3.63, 3.8) is 0 Å². The molecule has 1 aromatic carbocycles. The van der Waals surface area contributed by atoms with E-state index < -0.39 is 5.76 Å². The van der Waals surface area contributed by atoms with Crippen LogP contribution >= 0.6 is 0 Å². The van der Waals surface area contributed by atoms with Crippen molar-refractivity contribution in [3.8, 4) is 11.1 Å². The largest absolute Gasteiger partial charge is 0.417 e. The number of fused-ring (bicyclic) bond motifs is 1. The second kappa shape index (κ2) is 4.40. The molecule has 0 radical (unpaired) electrons. The highest BCUT2D eigenvalue weighted by molar-refractivity contribution is 5.80. The molecular weight excluding hydrogens is 244 g/mol. The Bertz CT molecular complexity index is 781. The molecule has 6 heteroatoms. The van der Waals surface area contributed by atoms with Crippen molar-refractivity contribution < 1.29 is 4.42 Å². The molecule has 0 saturated carbocycles. The molecule has 19 heavy (non-hydrogen) atoms. The van der Waals surface area contributed by atoms with Crippen LogP contribution in [0.2, 0.25) is 0 Å². The normalized spacial score (nSPS) is 11.3. The average Bonchev–Trinajstić information content (AvgIpc) is 2.92. The summed E-state index contributed by atoms with van der Waals surface area (Å²) < 4.78 is 6.84. The second-order valence-electron chi connectivity index (χ2n) is 4.38. The molecule has 0 bridgehead atoms. The molecule has 0 unspecified atom stereocenters. The van der Waals surface area contributed by atoms with Gasteiger partial charge in [-0.3, -0.25) is 9.67 Å². The molecule has 98 valence electrons. The Morgan fingerprint density at radius 2 is 2.32 bits per heavy atom. The van der Waals surface area contributed by atoms with Gasteiger partial charge >= 0.3 is 5.76 Å². The number of nitrogens with one attached hydrogen (secondary N) is 2. The molecule has 0 aliphatic heterocycles. The first kappa shape index (κ1) is 11.7. The van der Waals surface area contributed by atoms with Crippen molar-refractivity contribution in [3.05, 3.63) is 40.6 Å². The number of hydrogen-bond acceptors (Lipinski definition) is 4. The molecule has 0 amide bonds. The van der Waals surface area contributed by atoms with Crippen LogP contribution in [0.5, 0.6) is 0 Å². The maximum absolute atomic E-state index is 11.2. The Morgan fingerprint density at radius 1 is 1.47 bits per heavy atom. The molecule has 2 aromatic heterocycles. The van der Waals surface area contributed by atoms with Gasteiger partial charge in [-0.15, -0.1) is 0 Å². The van der Waals surface area contributed by atoms with Gasteiger partial charge in [-0.25, -0.2) is 4.79 Å². The fourth-order valence-electron chi connectivity index (χ4n) is 2.20. The number of aryl methyl sites for hydroxylation is 1. The molecule has 0 fully saturated rings. The van der Waals surface area contributed by atoms with E-state index in [1.54, 1.807) is 6.07 Å². The van der Waals surface area contributed by atoms with Crippen LogP contribution in [0.3, 0.4) is 0 Å². The van der Waals surface area contributed by atoms with Crippen LogP contribution in [0.4, 0.5) is 0 Å². The Morgan fingerprint density at radius 3 is 3.11 bits per heavy atom. The number of H-pyrrole nitrogens is 1. The maximum Gasteiger partial charge on any atom is 0.417 e. The van der Waals surface area contributed by atoms with Gasteiger partial charge in [-0.05, 0) is 24.7 Å². The average molecular weight is 258 g/mol. The van der Waals surface area contributed by atoms with Crippen LogP contribution in [0.1, 0.15) is 5.69 Å². The number of benzene rings is 1. The van der Waals surface area contributed by atoms with Gasteiger partial charge in [-0.2, -0.15) is 5.10 Å². The fourth-order valence-corrected chi connectivity index (χ4v) is 2.20. The molecule has 2 heterocycles. The van der Waals surface area contributed by atoms with Crippen LogP contribution in [-0.2, 0) is 13.6 Å². The van der Waals surface area contributed by atoms with Gasteiger partial charge in [0.15, 0.2) is 5.58 Å². The van der Waals surface area contributed by atoms with Crippen molar-refractivity contribution in [2.24, 2.45) is 7.05 Å². The predicted molar refractivity (Wildman–Crippen MR) is 71.8 cm³/mol. The molecule has 3 rings (SSSR count). The SMILES string of the molecule is CNCc1c(-c2ccc3oc(=O)[nH]c3c2)cnn1C. The Labute approximate surface area is 109 Å². The van der Waals surface area contributed by atoms with Crippen molar-refractivity contribution in [2.75, 3.05) is 7.05 Å². The molecule has 6 nitrogen and oxygen atoms in total. The van der Waals surface area contributed by atoms with E-state index in [1.807, 2.05) is 37.1 Å². The van der Waals surface area contributed by atoms with Gasteiger partial charge < -0.3 is 9.73 Å². The highest BCUT2D eigenvalue weighted by Crippen LogP contribution is 2.25. The van der Waals surface area contributed by atoms with Crippen molar-refractivity contribution in [1.29, 1.82) is 0 Å². The van der Waals surface area contributed by atoms with Crippen LogP contribution < -0.4 is 11.1 Å². The van der Waals surface area contributed by atoms with E-state index in [4.69, 9.17) is 4.42 Å². The second-order valence-corrected chi connectivity index (χ2v) is 4.38. The quantitative estimate of drug-likeness (QED) is 0.741. The lowest BCUT2D eigenvalue weighted by atomic mass is 10.1. The van der Waals surface area contributed by atoms with Crippen LogP contribution in [-0.4, -0.2) is 21.8 Å². The molecule has 0 spiro atoms.